The third kappa shape index (κ3) is 3.59. The predicted molar refractivity (Wildman–Crippen MR) is 83.6 cm³/mol. The Morgan fingerprint density at radius 2 is 1.85 bits per heavy atom. The van der Waals surface area contributed by atoms with Crippen LogP contribution in [0, 0.1) is 12.7 Å². The SMILES string of the molecule is Cc1cc(CNC(C)C)ccc1-c1cc(F)ccc1Cl. The Kier molecular flexibility index (Phi) is 4.79. The molecule has 106 valence electrons. The van der Waals surface area contributed by atoms with Gasteiger partial charge in [-0.25, -0.2) is 4.39 Å². The van der Waals surface area contributed by atoms with Gasteiger partial charge in [-0.1, -0.05) is 43.6 Å². The summed E-state index contributed by atoms with van der Waals surface area (Å²) in [6.45, 7) is 7.09. The third-order valence-electron chi connectivity index (χ3n) is 3.22. The van der Waals surface area contributed by atoms with Crippen LogP contribution in [0.5, 0.6) is 0 Å². The molecule has 1 nitrogen and oxygen atoms in total. The minimum atomic E-state index is -0.269. The van der Waals surface area contributed by atoms with Crippen molar-refractivity contribution in [1.29, 1.82) is 0 Å². The lowest BCUT2D eigenvalue weighted by molar-refractivity contribution is 0.589. The summed E-state index contributed by atoms with van der Waals surface area (Å²) in [5.74, 6) is -0.269. The summed E-state index contributed by atoms with van der Waals surface area (Å²) >= 11 is 6.17. The van der Waals surface area contributed by atoms with Gasteiger partial charge < -0.3 is 5.32 Å². The lowest BCUT2D eigenvalue weighted by atomic mass is 9.98. The second kappa shape index (κ2) is 6.38. The molecule has 0 amide bonds. The summed E-state index contributed by atoms with van der Waals surface area (Å²) in [6.07, 6.45) is 0. The van der Waals surface area contributed by atoms with Gasteiger partial charge in [0.2, 0.25) is 0 Å². The molecule has 0 saturated carbocycles. The standard InChI is InChI=1S/C17H19ClFN/c1-11(2)20-10-13-4-6-15(12(3)8-13)16-9-14(19)5-7-17(16)18/h4-9,11,20H,10H2,1-3H3. The van der Waals surface area contributed by atoms with E-state index in [2.05, 4.69) is 31.3 Å². The Labute approximate surface area is 124 Å². The molecule has 0 aliphatic rings. The zero-order valence-corrected chi connectivity index (χ0v) is 12.8. The molecular weight excluding hydrogens is 273 g/mol. The van der Waals surface area contributed by atoms with Crippen LogP contribution in [0.25, 0.3) is 11.1 Å². The van der Waals surface area contributed by atoms with Crippen molar-refractivity contribution in [3.05, 3.63) is 58.4 Å². The van der Waals surface area contributed by atoms with Crippen molar-refractivity contribution in [1.82, 2.24) is 5.32 Å². The van der Waals surface area contributed by atoms with Gasteiger partial charge in [0.15, 0.2) is 0 Å². The fourth-order valence-corrected chi connectivity index (χ4v) is 2.38. The van der Waals surface area contributed by atoms with Crippen LogP contribution in [0.2, 0.25) is 5.02 Å². The van der Waals surface area contributed by atoms with Crippen LogP contribution in [0.4, 0.5) is 4.39 Å². The number of halogens is 2. The Bertz CT molecular complexity index is 608. The minimum Gasteiger partial charge on any atom is -0.310 e. The molecule has 2 aromatic rings. The van der Waals surface area contributed by atoms with Crippen LogP contribution in [-0.4, -0.2) is 6.04 Å². The molecule has 0 heterocycles. The molecule has 2 aromatic carbocycles. The molecule has 0 aliphatic carbocycles. The first kappa shape index (κ1) is 15.0. The smallest absolute Gasteiger partial charge is 0.123 e. The van der Waals surface area contributed by atoms with Crippen molar-refractivity contribution < 1.29 is 4.39 Å². The first-order valence-electron chi connectivity index (χ1n) is 6.75. The minimum absolute atomic E-state index is 0.269. The van der Waals surface area contributed by atoms with E-state index in [1.54, 1.807) is 6.07 Å². The van der Waals surface area contributed by atoms with Gasteiger partial charge in [0.1, 0.15) is 5.82 Å². The average Bonchev–Trinajstić information content (AvgIpc) is 2.39. The lowest BCUT2D eigenvalue weighted by Crippen LogP contribution is -2.21. The van der Waals surface area contributed by atoms with Crippen molar-refractivity contribution in [3.8, 4) is 11.1 Å². The number of hydrogen-bond donors (Lipinski definition) is 1. The van der Waals surface area contributed by atoms with Gasteiger partial charge in [-0.15, -0.1) is 0 Å². The molecule has 2 rings (SSSR count). The Balaban J connectivity index is 2.32. The van der Waals surface area contributed by atoms with E-state index < -0.39 is 0 Å². The van der Waals surface area contributed by atoms with Crippen molar-refractivity contribution in [2.24, 2.45) is 0 Å². The van der Waals surface area contributed by atoms with Crippen molar-refractivity contribution >= 4 is 11.6 Å². The van der Waals surface area contributed by atoms with E-state index in [1.165, 1.54) is 17.7 Å². The van der Waals surface area contributed by atoms with Crippen molar-refractivity contribution in [3.63, 3.8) is 0 Å². The summed E-state index contributed by atoms with van der Waals surface area (Å²) in [5, 5.41) is 3.95. The predicted octanol–water partition coefficient (Wildman–Crippen LogP) is 4.95. The number of hydrogen-bond acceptors (Lipinski definition) is 1. The highest BCUT2D eigenvalue weighted by atomic mass is 35.5. The summed E-state index contributed by atoms with van der Waals surface area (Å²) < 4.78 is 13.4. The highest BCUT2D eigenvalue weighted by Gasteiger charge is 2.08. The molecule has 0 saturated heterocycles. The van der Waals surface area contributed by atoms with Gasteiger partial charge in [-0.05, 0) is 41.8 Å². The van der Waals surface area contributed by atoms with E-state index >= 15 is 0 Å². The molecule has 0 unspecified atom stereocenters. The van der Waals surface area contributed by atoms with Crippen molar-refractivity contribution in [2.75, 3.05) is 0 Å². The maximum atomic E-state index is 13.4. The Morgan fingerprint density at radius 1 is 1.10 bits per heavy atom. The highest BCUT2D eigenvalue weighted by molar-refractivity contribution is 6.33. The van der Waals surface area contributed by atoms with E-state index in [9.17, 15) is 4.39 Å². The van der Waals surface area contributed by atoms with E-state index in [-0.39, 0.29) is 5.82 Å². The second-order valence-electron chi connectivity index (χ2n) is 5.31. The second-order valence-corrected chi connectivity index (χ2v) is 5.72. The molecule has 0 aromatic heterocycles. The lowest BCUT2D eigenvalue weighted by Gasteiger charge is -2.12. The largest absolute Gasteiger partial charge is 0.310 e. The summed E-state index contributed by atoms with van der Waals surface area (Å²) in [5.41, 5.74) is 4.03. The molecule has 0 spiro atoms. The van der Waals surface area contributed by atoms with Gasteiger partial charge in [-0.3, -0.25) is 0 Å². The van der Waals surface area contributed by atoms with Crippen molar-refractivity contribution in [2.45, 2.75) is 33.4 Å². The molecule has 0 atom stereocenters. The number of rotatable bonds is 4. The highest BCUT2D eigenvalue weighted by Crippen LogP contribution is 2.31. The first-order chi connectivity index (χ1) is 9.47. The molecular formula is C17H19ClFN. The fourth-order valence-electron chi connectivity index (χ4n) is 2.16. The normalized spacial score (nSPS) is 11.1. The topological polar surface area (TPSA) is 12.0 Å². The fraction of sp³-hybridized carbons (Fsp3) is 0.294. The summed E-state index contributed by atoms with van der Waals surface area (Å²) in [4.78, 5) is 0. The Hall–Kier alpha value is -1.38. The monoisotopic (exact) mass is 291 g/mol. The summed E-state index contributed by atoms with van der Waals surface area (Å²) in [6, 6.07) is 11.1. The third-order valence-corrected chi connectivity index (χ3v) is 3.55. The summed E-state index contributed by atoms with van der Waals surface area (Å²) in [7, 11) is 0. The van der Waals surface area contributed by atoms with E-state index in [0.29, 0.717) is 11.1 Å². The van der Waals surface area contributed by atoms with Gasteiger partial charge in [-0.2, -0.15) is 0 Å². The zero-order chi connectivity index (χ0) is 14.7. The quantitative estimate of drug-likeness (QED) is 0.840. The maximum Gasteiger partial charge on any atom is 0.123 e. The molecule has 0 bridgehead atoms. The molecule has 20 heavy (non-hydrogen) atoms. The molecule has 0 radical (unpaired) electrons. The van der Waals surface area contributed by atoms with E-state index in [4.69, 9.17) is 11.6 Å². The van der Waals surface area contributed by atoms with Gasteiger partial charge in [0.25, 0.3) is 0 Å². The van der Waals surface area contributed by atoms with Gasteiger partial charge in [0.05, 0.1) is 0 Å². The molecule has 0 fully saturated rings. The molecule has 0 aliphatic heterocycles. The van der Waals surface area contributed by atoms with E-state index in [0.717, 1.165) is 23.2 Å². The van der Waals surface area contributed by atoms with Crippen LogP contribution < -0.4 is 5.32 Å². The first-order valence-corrected chi connectivity index (χ1v) is 7.13. The van der Waals surface area contributed by atoms with Crippen LogP contribution in [0.3, 0.4) is 0 Å². The number of benzene rings is 2. The molecule has 3 heteroatoms. The van der Waals surface area contributed by atoms with Gasteiger partial charge in [0, 0.05) is 23.2 Å². The van der Waals surface area contributed by atoms with Gasteiger partial charge >= 0.3 is 0 Å². The van der Waals surface area contributed by atoms with Crippen LogP contribution in [0.1, 0.15) is 25.0 Å². The average molecular weight is 292 g/mol. The van der Waals surface area contributed by atoms with Crippen LogP contribution in [0.15, 0.2) is 36.4 Å². The van der Waals surface area contributed by atoms with E-state index in [1.807, 2.05) is 13.0 Å². The molecule has 1 N–H and O–H groups in total. The van der Waals surface area contributed by atoms with Crippen LogP contribution in [-0.2, 0) is 6.54 Å². The van der Waals surface area contributed by atoms with Crippen LogP contribution >= 0.6 is 11.6 Å². The zero-order valence-electron chi connectivity index (χ0n) is 12.0. The number of aryl methyl sites for hydroxylation is 1. The maximum absolute atomic E-state index is 13.4. The number of nitrogens with one attached hydrogen (secondary N) is 1. The Morgan fingerprint density at radius 3 is 2.50 bits per heavy atom.